The summed E-state index contributed by atoms with van der Waals surface area (Å²) in [5.41, 5.74) is 0.903. The molecule has 1 aliphatic carbocycles. The first kappa shape index (κ1) is 15.3. The molecule has 0 spiro atoms. The monoisotopic (exact) mass is 327 g/mol. The third-order valence-corrected chi connectivity index (χ3v) is 5.22. The first-order valence-corrected chi connectivity index (χ1v) is 8.54. The Morgan fingerprint density at radius 3 is 2.88 bits per heavy atom. The molecule has 4 rings (SSSR count). The van der Waals surface area contributed by atoms with Crippen molar-refractivity contribution in [2.45, 2.75) is 31.8 Å². The Balaban J connectivity index is 1.33. The molecular weight excluding hydrogens is 306 g/mol. The predicted molar refractivity (Wildman–Crippen MR) is 86.9 cm³/mol. The van der Waals surface area contributed by atoms with Crippen LogP contribution in [0.4, 0.5) is 0 Å². The molecule has 1 amide bonds. The molecule has 2 aliphatic rings. The quantitative estimate of drug-likeness (QED) is 0.928. The van der Waals surface area contributed by atoms with E-state index in [-0.39, 0.29) is 17.9 Å². The van der Waals surface area contributed by atoms with Crippen LogP contribution in [-0.2, 0) is 11.2 Å². The van der Waals surface area contributed by atoms with E-state index in [4.69, 9.17) is 4.52 Å². The Morgan fingerprint density at radius 1 is 1.25 bits per heavy atom. The van der Waals surface area contributed by atoms with Gasteiger partial charge in [-0.15, -0.1) is 0 Å². The molecule has 0 radical (unpaired) electrons. The Bertz CT molecular complexity index is 715. The van der Waals surface area contributed by atoms with Crippen molar-refractivity contribution in [3.8, 4) is 11.4 Å². The maximum atomic E-state index is 12.4. The molecular formula is C18H21N3O3. The largest absolute Gasteiger partial charge is 0.393 e. The first-order chi connectivity index (χ1) is 11.7. The normalized spacial score (nSPS) is 25.9. The topological polar surface area (TPSA) is 79.5 Å². The summed E-state index contributed by atoms with van der Waals surface area (Å²) in [6, 6.07) is 9.63. The van der Waals surface area contributed by atoms with Crippen molar-refractivity contribution in [2.75, 3.05) is 13.1 Å². The number of amides is 1. The summed E-state index contributed by atoms with van der Waals surface area (Å²) < 4.78 is 5.25. The minimum atomic E-state index is -0.239. The number of aliphatic hydroxyl groups excluding tert-OH is 1. The van der Waals surface area contributed by atoms with Crippen LogP contribution in [0.2, 0.25) is 0 Å². The molecule has 2 aromatic rings. The van der Waals surface area contributed by atoms with Crippen molar-refractivity contribution in [1.29, 1.82) is 0 Å². The van der Waals surface area contributed by atoms with Crippen LogP contribution in [-0.4, -0.2) is 45.2 Å². The van der Waals surface area contributed by atoms with E-state index in [0.29, 0.717) is 37.0 Å². The number of carbonyl (C=O) groups is 1. The molecule has 126 valence electrons. The van der Waals surface area contributed by atoms with Crippen LogP contribution in [0, 0.1) is 11.8 Å². The molecule has 1 aromatic heterocycles. The van der Waals surface area contributed by atoms with Crippen LogP contribution >= 0.6 is 0 Å². The number of hydrogen-bond donors (Lipinski definition) is 1. The van der Waals surface area contributed by atoms with Crippen LogP contribution < -0.4 is 0 Å². The van der Waals surface area contributed by atoms with Gasteiger partial charge in [0.15, 0.2) is 0 Å². The third kappa shape index (κ3) is 2.94. The van der Waals surface area contributed by atoms with Gasteiger partial charge in [0.05, 0.1) is 6.10 Å². The van der Waals surface area contributed by atoms with E-state index in [1.165, 1.54) is 0 Å². The van der Waals surface area contributed by atoms with Gasteiger partial charge in [0.25, 0.3) is 0 Å². The first-order valence-electron chi connectivity index (χ1n) is 8.54. The fourth-order valence-corrected chi connectivity index (χ4v) is 3.87. The Labute approximate surface area is 140 Å². The summed E-state index contributed by atoms with van der Waals surface area (Å²) in [7, 11) is 0. The third-order valence-electron chi connectivity index (χ3n) is 5.22. The highest BCUT2D eigenvalue weighted by atomic mass is 16.5. The lowest BCUT2D eigenvalue weighted by molar-refractivity contribution is -0.130. The van der Waals surface area contributed by atoms with E-state index < -0.39 is 0 Å². The van der Waals surface area contributed by atoms with Gasteiger partial charge in [0, 0.05) is 37.4 Å². The molecule has 1 aromatic carbocycles. The molecule has 1 aliphatic heterocycles. The van der Waals surface area contributed by atoms with Gasteiger partial charge >= 0.3 is 0 Å². The molecule has 24 heavy (non-hydrogen) atoms. The van der Waals surface area contributed by atoms with E-state index in [1.807, 2.05) is 35.2 Å². The summed E-state index contributed by atoms with van der Waals surface area (Å²) in [4.78, 5) is 18.6. The number of fused-ring (bicyclic) bond motifs is 1. The van der Waals surface area contributed by atoms with Crippen LogP contribution in [0.3, 0.4) is 0 Å². The van der Waals surface area contributed by atoms with E-state index in [1.54, 1.807) is 0 Å². The van der Waals surface area contributed by atoms with Gasteiger partial charge in [-0.2, -0.15) is 4.98 Å². The number of hydrogen-bond acceptors (Lipinski definition) is 5. The van der Waals surface area contributed by atoms with Gasteiger partial charge in [-0.25, -0.2) is 0 Å². The zero-order valence-corrected chi connectivity index (χ0v) is 13.5. The number of carbonyl (C=O) groups excluding carboxylic acids is 1. The molecule has 1 saturated carbocycles. The standard InChI is InChI=1S/C18H21N3O3/c22-15-7-6-13-10-21(11-14(13)15)17(23)9-8-16-19-18(20-24-16)12-4-2-1-3-5-12/h1-5,13-15,22H,6-11H2/t13-,14+,15-/m1/s1. The lowest BCUT2D eigenvalue weighted by atomic mass is 10.00. The van der Waals surface area contributed by atoms with Crippen molar-refractivity contribution in [3.63, 3.8) is 0 Å². The second kappa shape index (κ2) is 6.36. The highest BCUT2D eigenvalue weighted by Gasteiger charge is 2.43. The van der Waals surface area contributed by atoms with E-state index in [0.717, 1.165) is 24.9 Å². The lowest BCUT2D eigenvalue weighted by Crippen LogP contribution is -2.31. The van der Waals surface area contributed by atoms with Crippen molar-refractivity contribution < 1.29 is 14.4 Å². The number of aliphatic hydroxyl groups is 1. The maximum Gasteiger partial charge on any atom is 0.227 e. The summed E-state index contributed by atoms with van der Waals surface area (Å²) in [5, 5.41) is 13.9. The molecule has 1 saturated heterocycles. The Kier molecular flexibility index (Phi) is 4.06. The van der Waals surface area contributed by atoms with Gasteiger partial charge in [-0.05, 0) is 18.8 Å². The highest BCUT2D eigenvalue weighted by Crippen LogP contribution is 2.38. The van der Waals surface area contributed by atoms with Crippen LogP contribution in [0.15, 0.2) is 34.9 Å². The fraction of sp³-hybridized carbons (Fsp3) is 0.500. The minimum absolute atomic E-state index is 0.107. The average molecular weight is 327 g/mol. The molecule has 6 nitrogen and oxygen atoms in total. The number of aromatic nitrogens is 2. The molecule has 6 heteroatoms. The molecule has 2 heterocycles. The number of benzene rings is 1. The van der Waals surface area contributed by atoms with Gasteiger partial charge in [-0.1, -0.05) is 35.5 Å². The van der Waals surface area contributed by atoms with E-state index in [9.17, 15) is 9.90 Å². The summed E-state index contributed by atoms with van der Waals surface area (Å²) in [6.45, 7) is 1.46. The second-order valence-corrected chi connectivity index (χ2v) is 6.75. The van der Waals surface area contributed by atoms with E-state index in [2.05, 4.69) is 10.1 Å². The Hall–Kier alpha value is -2.21. The zero-order chi connectivity index (χ0) is 16.5. The number of aryl methyl sites for hydroxylation is 1. The SMILES string of the molecule is O=C(CCc1nc(-c2ccccc2)no1)N1C[C@H]2CC[C@@H](O)[C@H]2C1. The highest BCUT2D eigenvalue weighted by molar-refractivity contribution is 5.76. The molecule has 0 bridgehead atoms. The summed E-state index contributed by atoms with van der Waals surface area (Å²) in [5.74, 6) is 1.88. The van der Waals surface area contributed by atoms with E-state index >= 15 is 0 Å². The van der Waals surface area contributed by atoms with Gasteiger partial charge in [0.2, 0.25) is 17.6 Å². The van der Waals surface area contributed by atoms with Crippen LogP contribution in [0.5, 0.6) is 0 Å². The maximum absolute atomic E-state index is 12.4. The minimum Gasteiger partial charge on any atom is -0.393 e. The lowest BCUT2D eigenvalue weighted by Gasteiger charge is -2.18. The second-order valence-electron chi connectivity index (χ2n) is 6.75. The molecule has 2 fully saturated rings. The molecule has 3 atom stereocenters. The van der Waals surface area contributed by atoms with Crippen molar-refractivity contribution in [3.05, 3.63) is 36.2 Å². The van der Waals surface area contributed by atoms with Crippen molar-refractivity contribution in [2.24, 2.45) is 11.8 Å². The summed E-state index contributed by atoms with van der Waals surface area (Å²) >= 11 is 0. The van der Waals surface area contributed by atoms with Crippen molar-refractivity contribution in [1.82, 2.24) is 15.0 Å². The number of nitrogens with zero attached hydrogens (tertiary/aromatic N) is 3. The van der Waals surface area contributed by atoms with Gasteiger partial charge in [-0.3, -0.25) is 4.79 Å². The fourth-order valence-electron chi connectivity index (χ4n) is 3.87. The predicted octanol–water partition coefficient (Wildman–Crippen LogP) is 1.90. The average Bonchev–Trinajstić information content (AvgIpc) is 3.31. The van der Waals surface area contributed by atoms with Crippen LogP contribution in [0.1, 0.15) is 25.2 Å². The van der Waals surface area contributed by atoms with Gasteiger partial charge in [0.1, 0.15) is 0 Å². The Morgan fingerprint density at radius 2 is 2.08 bits per heavy atom. The zero-order valence-electron chi connectivity index (χ0n) is 13.5. The number of likely N-dealkylation sites (tertiary alicyclic amines) is 1. The van der Waals surface area contributed by atoms with Crippen molar-refractivity contribution >= 4 is 5.91 Å². The number of rotatable bonds is 4. The molecule has 1 N–H and O–H groups in total. The van der Waals surface area contributed by atoms with Gasteiger partial charge < -0.3 is 14.5 Å². The van der Waals surface area contributed by atoms with Crippen LogP contribution in [0.25, 0.3) is 11.4 Å². The molecule has 0 unspecified atom stereocenters. The smallest absolute Gasteiger partial charge is 0.227 e. The summed E-state index contributed by atoms with van der Waals surface area (Å²) in [6.07, 6.45) is 2.48.